The molecule has 1 saturated heterocycles. The maximum absolute atomic E-state index is 9.40. The number of rotatable bonds is 8. The Morgan fingerprint density at radius 1 is 1.28 bits per heavy atom. The first-order valence-corrected chi connectivity index (χ1v) is 11.1. The minimum Gasteiger partial charge on any atom is -0.476 e. The van der Waals surface area contributed by atoms with Gasteiger partial charge in [0.2, 0.25) is 5.88 Å². The van der Waals surface area contributed by atoms with Crippen molar-refractivity contribution in [2.45, 2.75) is 19.8 Å². The van der Waals surface area contributed by atoms with Crippen LogP contribution in [0.4, 0.5) is 5.82 Å². The summed E-state index contributed by atoms with van der Waals surface area (Å²) >= 11 is 0. The highest BCUT2D eigenvalue weighted by molar-refractivity contribution is 5.91. The van der Waals surface area contributed by atoms with Gasteiger partial charge in [-0.25, -0.2) is 14.5 Å². The highest BCUT2D eigenvalue weighted by Gasteiger charge is 2.19. The number of fused-ring (bicyclic) bond motifs is 2. The summed E-state index contributed by atoms with van der Waals surface area (Å²) in [7, 11) is 0. The van der Waals surface area contributed by atoms with Crippen LogP contribution in [0.2, 0.25) is 0 Å². The van der Waals surface area contributed by atoms with Crippen molar-refractivity contribution in [2.75, 3.05) is 44.4 Å². The van der Waals surface area contributed by atoms with Crippen LogP contribution in [-0.2, 0) is 4.74 Å². The Morgan fingerprint density at radius 2 is 2.22 bits per heavy atom. The zero-order valence-corrected chi connectivity index (χ0v) is 18.1. The summed E-state index contributed by atoms with van der Waals surface area (Å²) in [6.07, 6.45) is 5.65. The van der Waals surface area contributed by atoms with Crippen molar-refractivity contribution in [1.82, 2.24) is 19.6 Å². The minimum absolute atomic E-state index is 0.0591. The number of anilines is 1. The van der Waals surface area contributed by atoms with Gasteiger partial charge in [-0.15, -0.1) is 5.10 Å². The lowest BCUT2D eigenvalue weighted by Gasteiger charge is -2.21. The predicted octanol–water partition coefficient (Wildman–Crippen LogP) is 3.16. The van der Waals surface area contributed by atoms with Crippen molar-refractivity contribution in [3.63, 3.8) is 0 Å². The fourth-order valence-corrected chi connectivity index (χ4v) is 4.11. The van der Waals surface area contributed by atoms with E-state index in [1.807, 2.05) is 36.1 Å². The summed E-state index contributed by atoms with van der Waals surface area (Å²) in [5.41, 5.74) is 2.17. The fraction of sp³-hybridized carbons (Fsp3) is 0.435. The van der Waals surface area contributed by atoms with E-state index in [0.717, 1.165) is 55.1 Å². The molecular weight excluding hydrogens is 410 g/mol. The Hall–Kier alpha value is -3.17. The van der Waals surface area contributed by atoms with Crippen LogP contribution in [0.5, 0.6) is 5.88 Å². The van der Waals surface area contributed by atoms with Gasteiger partial charge in [0.15, 0.2) is 11.4 Å². The molecule has 0 radical (unpaired) electrons. The Bertz CT molecular complexity index is 1200. The van der Waals surface area contributed by atoms with Gasteiger partial charge in [0, 0.05) is 37.9 Å². The molecule has 1 atom stereocenters. The molecule has 0 amide bonds. The third kappa shape index (κ3) is 4.01. The molecule has 0 aromatic carbocycles. The Balaban J connectivity index is 1.46. The second-order valence-corrected chi connectivity index (χ2v) is 7.94. The molecule has 168 valence electrons. The molecule has 5 rings (SSSR count). The monoisotopic (exact) mass is 437 g/mol. The average Bonchev–Trinajstić information content (AvgIpc) is 3.45. The first-order valence-electron chi connectivity index (χ1n) is 11.1. The molecule has 9 heteroatoms. The van der Waals surface area contributed by atoms with Gasteiger partial charge in [0.1, 0.15) is 17.1 Å². The zero-order valence-electron chi connectivity index (χ0n) is 18.1. The number of aliphatic hydroxyl groups excluding tert-OH is 1. The lowest BCUT2D eigenvalue weighted by atomic mass is 10.0. The van der Waals surface area contributed by atoms with Gasteiger partial charge in [-0.1, -0.05) is 0 Å². The first kappa shape index (κ1) is 20.7. The number of hydrogen-bond donors (Lipinski definition) is 1. The van der Waals surface area contributed by atoms with Crippen LogP contribution < -0.4 is 9.64 Å². The van der Waals surface area contributed by atoms with Crippen LogP contribution in [0.25, 0.3) is 28.1 Å². The van der Waals surface area contributed by atoms with Gasteiger partial charge in [0.05, 0.1) is 31.4 Å². The van der Waals surface area contributed by atoms with Crippen LogP contribution in [0, 0.1) is 5.92 Å². The van der Waals surface area contributed by atoms with Crippen LogP contribution in [0.1, 0.15) is 19.8 Å². The van der Waals surface area contributed by atoms with Crippen LogP contribution in [-0.4, -0.2) is 64.2 Å². The van der Waals surface area contributed by atoms with E-state index >= 15 is 0 Å². The van der Waals surface area contributed by atoms with E-state index in [0.29, 0.717) is 36.4 Å². The maximum Gasteiger partial charge on any atom is 0.231 e. The van der Waals surface area contributed by atoms with Crippen molar-refractivity contribution < 1.29 is 19.0 Å². The highest BCUT2D eigenvalue weighted by Crippen LogP contribution is 2.33. The van der Waals surface area contributed by atoms with Crippen molar-refractivity contribution in [3.8, 4) is 17.3 Å². The molecule has 0 aliphatic carbocycles. The molecule has 1 aliphatic rings. The normalized spacial score (nSPS) is 16.6. The molecule has 0 unspecified atom stereocenters. The molecule has 1 aliphatic heterocycles. The zero-order chi connectivity index (χ0) is 21.9. The van der Waals surface area contributed by atoms with Crippen molar-refractivity contribution >= 4 is 22.4 Å². The molecule has 5 heterocycles. The van der Waals surface area contributed by atoms with Crippen LogP contribution >= 0.6 is 0 Å². The van der Waals surface area contributed by atoms with Crippen LogP contribution in [0.15, 0.2) is 41.1 Å². The number of furan rings is 1. The summed E-state index contributed by atoms with van der Waals surface area (Å²) < 4.78 is 19.4. The molecule has 0 spiro atoms. The Kier molecular flexibility index (Phi) is 5.91. The fourth-order valence-electron chi connectivity index (χ4n) is 4.11. The van der Waals surface area contributed by atoms with Gasteiger partial charge in [-0.3, -0.25) is 0 Å². The van der Waals surface area contributed by atoms with Crippen LogP contribution in [0.3, 0.4) is 0 Å². The molecule has 1 N–H and O–H groups in total. The summed E-state index contributed by atoms with van der Waals surface area (Å²) in [4.78, 5) is 11.0. The second-order valence-electron chi connectivity index (χ2n) is 7.94. The van der Waals surface area contributed by atoms with Gasteiger partial charge in [0.25, 0.3) is 0 Å². The summed E-state index contributed by atoms with van der Waals surface area (Å²) in [6.45, 7) is 5.49. The molecule has 4 aromatic rings. The molecule has 1 fully saturated rings. The standard InChI is InChI=1S/C23H27N5O4/c1-2-27(9-10-29)23-17-12-20(32-19(17)7-8-24-23)18-13-25-21-5-6-22(26-28(18)21)31-15-16-4-3-11-30-14-16/h5-8,12-13,16,29H,2-4,9-11,14-15H2,1H3/t16-/m0/s1. The topological polar surface area (TPSA) is 98.2 Å². The number of hydrogen-bond acceptors (Lipinski definition) is 8. The molecule has 4 aromatic heterocycles. The third-order valence-corrected chi connectivity index (χ3v) is 5.79. The lowest BCUT2D eigenvalue weighted by molar-refractivity contribution is 0.0342. The predicted molar refractivity (Wildman–Crippen MR) is 120 cm³/mol. The van der Waals surface area contributed by atoms with Gasteiger partial charge < -0.3 is 23.9 Å². The first-order chi connectivity index (χ1) is 15.8. The second kappa shape index (κ2) is 9.13. The van der Waals surface area contributed by atoms with Gasteiger partial charge in [-0.05, 0) is 38.0 Å². The Labute approximate surface area is 185 Å². The van der Waals surface area contributed by atoms with Gasteiger partial charge in [-0.2, -0.15) is 0 Å². The molecule has 9 nitrogen and oxygen atoms in total. The molecule has 32 heavy (non-hydrogen) atoms. The smallest absolute Gasteiger partial charge is 0.231 e. The Morgan fingerprint density at radius 3 is 3.03 bits per heavy atom. The number of ether oxygens (including phenoxy) is 2. The average molecular weight is 438 g/mol. The van der Waals surface area contributed by atoms with Crippen molar-refractivity contribution in [1.29, 1.82) is 0 Å². The van der Waals surface area contributed by atoms with E-state index in [4.69, 9.17) is 13.9 Å². The number of nitrogens with zero attached hydrogens (tertiary/aromatic N) is 5. The number of aromatic nitrogens is 4. The number of imidazole rings is 1. The SMILES string of the molecule is CCN(CCO)c1nccc2oc(-c3cnc4ccc(OC[C@H]5CCCOC5)nn34)cc12. The van der Waals surface area contributed by atoms with Crippen molar-refractivity contribution in [2.24, 2.45) is 5.92 Å². The van der Waals surface area contributed by atoms with E-state index in [2.05, 4.69) is 15.1 Å². The number of likely N-dealkylation sites (N-methyl/N-ethyl adjacent to an activating group) is 1. The highest BCUT2D eigenvalue weighted by atomic mass is 16.5. The van der Waals surface area contributed by atoms with Crippen molar-refractivity contribution in [3.05, 3.63) is 36.7 Å². The quantitative estimate of drug-likeness (QED) is 0.449. The van der Waals surface area contributed by atoms with E-state index in [-0.39, 0.29) is 6.61 Å². The largest absolute Gasteiger partial charge is 0.476 e. The lowest BCUT2D eigenvalue weighted by Crippen LogP contribution is -2.27. The summed E-state index contributed by atoms with van der Waals surface area (Å²) in [5, 5.41) is 14.9. The van der Waals surface area contributed by atoms with Gasteiger partial charge >= 0.3 is 0 Å². The van der Waals surface area contributed by atoms with E-state index < -0.39 is 0 Å². The molecule has 0 saturated carbocycles. The third-order valence-electron chi connectivity index (χ3n) is 5.79. The van der Waals surface area contributed by atoms with E-state index in [1.165, 1.54) is 0 Å². The summed E-state index contributed by atoms with van der Waals surface area (Å²) in [6, 6.07) is 7.52. The number of aliphatic hydroxyl groups is 1. The number of pyridine rings is 1. The van der Waals surface area contributed by atoms with E-state index in [1.54, 1.807) is 16.9 Å². The minimum atomic E-state index is 0.0591. The van der Waals surface area contributed by atoms with E-state index in [9.17, 15) is 5.11 Å². The molecule has 0 bridgehead atoms. The maximum atomic E-state index is 9.40. The molecular formula is C23H27N5O4. The summed E-state index contributed by atoms with van der Waals surface area (Å²) in [5.74, 6) is 2.37.